The van der Waals surface area contributed by atoms with Crippen LogP contribution in [0.3, 0.4) is 0 Å². The Morgan fingerprint density at radius 3 is 2.48 bits per heavy atom. The van der Waals surface area contributed by atoms with Gasteiger partial charge in [0.15, 0.2) is 0 Å². The Hall–Kier alpha value is -2.17. The van der Waals surface area contributed by atoms with E-state index in [9.17, 15) is 9.59 Å². The number of para-hydroxylation sites is 1. The van der Waals surface area contributed by atoms with Crippen molar-refractivity contribution in [3.8, 4) is 0 Å². The van der Waals surface area contributed by atoms with Crippen molar-refractivity contribution in [2.24, 2.45) is 11.3 Å². The van der Waals surface area contributed by atoms with Gasteiger partial charge in [-0.2, -0.15) is 0 Å². The van der Waals surface area contributed by atoms with Crippen molar-refractivity contribution in [2.45, 2.75) is 59.9 Å². The molecule has 0 saturated carbocycles. The van der Waals surface area contributed by atoms with E-state index in [-0.39, 0.29) is 16.9 Å². The van der Waals surface area contributed by atoms with Crippen molar-refractivity contribution in [3.63, 3.8) is 0 Å². The number of hydrogen-bond donors (Lipinski definition) is 0. The molecule has 0 N–H and O–H groups in total. The van der Waals surface area contributed by atoms with E-state index in [0.29, 0.717) is 24.3 Å². The summed E-state index contributed by atoms with van der Waals surface area (Å²) in [5.74, 6) is 1.51. The summed E-state index contributed by atoms with van der Waals surface area (Å²) in [5.41, 5.74) is 0.857. The molecular formula is C22H31N3O2. The van der Waals surface area contributed by atoms with Crippen LogP contribution in [0.1, 0.15) is 52.8 Å². The number of fused-ring (bicyclic) bond motifs is 1. The number of nitrogens with zero attached hydrogens (tertiary/aromatic N) is 3. The molecule has 1 aliphatic heterocycles. The molecule has 1 amide bonds. The van der Waals surface area contributed by atoms with Crippen LogP contribution < -0.4 is 5.56 Å². The van der Waals surface area contributed by atoms with E-state index in [2.05, 4.69) is 20.8 Å². The lowest BCUT2D eigenvalue weighted by Gasteiger charge is -2.34. The van der Waals surface area contributed by atoms with Gasteiger partial charge in [-0.25, -0.2) is 4.98 Å². The number of piperidine rings is 1. The van der Waals surface area contributed by atoms with E-state index in [0.717, 1.165) is 43.7 Å². The molecule has 0 atom stereocenters. The summed E-state index contributed by atoms with van der Waals surface area (Å²) >= 11 is 0. The lowest BCUT2D eigenvalue weighted by Crippen LogP contribution is -2.41. The summed E-state index contributed by atoms with van der Waals surface area (Å²) < 4.78 is 1.86. The first kappa shape index (κ1) is 19.6. The van der Waals surface area contributed by atoms with E-state index in [1.54, 1.807) is 0 Å². The second-order valence-electron chi connectivity index (χ2n) is 8.88. The molecule has 3 rings (SSSR count). The highest BCUT2D eigenvalue weighted by molar-refractivity contribution is 5.77. The summed E-state index contributed by atoms with van der Waals surface area (Å²) in [6.45, 7) is 10.6. The number of rotatable bonds is 4. The molecule has 2 aromatic rings. The molecule has 146 valence electrons. The quantitative estimate of drug-likeness (QED) is 0.827. The summed E-state index contributed by atoms with van der Waals surface area (Å²) in [6, 6.07) is 7.57. The molecule has 0 unspecified atom stereocenters. The molecular weight excluding hydrogens is 338 g/mol. The monoisotopic (exact) mass is 369 g/mol. The number of aryl methyl sites for hydroxylation is 1. The first-order valence-corrected chi connectivity index (χ1v) is 10.0. The van der Waals surface area contributed by atoms with Crippen molar-refractivity contribution in [2.75, 3.05) is 13.1 Å². The van der Waals surface area contributed by atoms with Gasteiger partial charge in [0.05, 0.1) is 10.9 Å². The molecule has 0 aliphatic carbocycles. The third-order valence-corrected chi connectivity index (χ3v) is 5.35. The van der Waals surface area contributed by atoms with E-state index >= 15 is 0 Å². The van der Waals surface area contributed by atoms with Gasteiger partial charge >= 0.3 is 0 Å². The summed E-state index contributed by atoms with van der Waals surface area (Å²) in [7, 11) is 0. The van der Waals surface area contributed by atoms with E-state index in [1.165, 1.54) is 0 Å². The van der Waals surface area contributed by atoms with Crippen molar-refractivity contribution in [3.05, 3.63) is 40.4 Å². The number of amides is 1. The van der Waals surface area contributed by atoms with Gasteiger partial charge in [0.2, 0.25) is 5.91 Å². The zero-order valence-electron chi connectivity index (χ0n) is 17.0. The molecule has 1 saturated heterocycles. The SMILES string of the molecule is CCc1nc2ccccc2c(=O)n1CC1CCN(C(=O)CC(C)(C)C)CC1. The molecule has 1 aromatic carbocycles. The molecule has 1 fully saturated rings. The van der Waals surface area contributed by atoms with Crippen molar-refractivity contribution >= 4 is 16.8 Å². The van der Waals surface area contributed by atoms with Gasteiger partial charge in [0.25, 0.3) is 5.56 Å². The minimum Gasteiger partial charge on any atom is -0.343 e. The fourth-order valence-corrected chi connectivity index (χ4v) is 3.86. The minimum absolute atomic E-state index is 0.0219. The zero-order chi connectivity index (χ0) is 19.6. The Bertz CT molecular complexity index is 871. The lowest BCUT2D eigenvalue weighted by molar-refractivity contribution is -0.134. The van der Waals surface area contributed by atoms with Crippen LogP contribution in [0.25, 0.3) is 10.9 Å². The molecule has 0 spiro atoms. The Morgan fingerprint density at radius 2 is 1.85 bits per heavy atom. The fraction of sp³-hybridized carbons (Fsp3) is 0.591. The third kappa shape index (κ3) is 4.57. The van der Waals surface area contributed by atoms with Crippen molar-refractivity contribution in [1.29, 1.82) is 0 Å². The Morgan fingerprint density at radius 1 is 1.19 bits per heavy atom. The van der Waals surface area contributed by atoms with Crippen LogP contribution in [0.4, 0.5) is 0 Å². The maximum Gasteiger partial charge on any atom is 0.261 e. The third-order valence-electron chi connectivity index (χ3n) is 5.35. The highest BCUT2D eigenvalue weighted by Gasteiger charge is 2.26. The standard InChI is InChI=1S/C22H31N3O2/c1-5-19-23-18-9-7-6-8-17(18)21(27)25(19)15-16-10-12-24(13-11-16)20(26)14-22(2,3)4/h6-9,16H,5,10-15H2,1-4H3. The molecule has 5 nitrogen and oxygen atoms in total. The number of hydrogen-bond acceptors (Lipinski definition) is 3. The van der Waals surface area contributed by atoms with Gasteiger partial charge in [-0.15, -0.1) is 0 Å². The lowest BCUT2D eigenvalue weighted by atomic mass is 9.90. The average molecular weight is 370 g/mol. The van der Waals surface area contributed by atoms with E-state index in [1.807, 2.05) is 40.7 Å². The summed E-state index contributed by atoms with van der Waals surface area (Å²) in [4.78, 5) is 32.1. The van der Waals surface area contributed by atoms with Gasteiger partial charge in [-0.3, -0.25) is 14.2 Å². The highest BCUT2D eigenvalue weighted by atomic mass is 16.2. The minimum atomic E-state index is 0.0219. The maximum atomic E-state index is 13.0. The average Bonchev–Trinajstić information content (AvgIpc) is 2.63. The van der Waals surface area contributed by atoms with Crippen LogP contribution in [0, 0.1) is 11.3 Å². The number of benzene rings is 1. The number of carbonyl (C=O) groups is 1. The van der Waals surface area contributed by atoms with Crippen LogP contribution in [-0.4, -0.2) is 33.4 Å². The zero-order valence-corrected chi connectivity index (χ0v) is 17.0. The van der Waals surface area contributed by atoms with Crippen LogP contribution in [0.2, 0.25) is 0 Å². The maximum absolute atomic E-state index is 13.0. The summed E-state index contributed by atoms with van der Waals surface area (Å²) in [5, 5.41) is 0.687. The van der Waals surface area contributed by atoms with E-state index < -0.39 is 0 Å². The predicted octanol–water partition coefficient (Wildman–Crippen LogP) is 3.63. The number of likely N-dealkylation sites (tertiary alicyclic amines) is 1. The molecule has 5 heteroatoms. The normalized spacial score (nSPS) is 16.1. The predicted molar refractivity (Wildman–Crippen MR) is 109 cm³/mol. The molecule has 1 aromatic heterocycles. The topological polar surface area (TPSA) is 55.2 Å². The summed E-state index contributed by atoms with van der Waals surface area (Å²) in [6.07, 6.45) is 3.21. The fourth-order valence-electron chi connectivity index (χ4n) is 3.86. The van der Waals surface area contributed by atoms with E-state index in [4.69, 9.17) is 4.98 Å². The van der Waals surface area contributed by atoms with Gasteiger partial charge in [0.1, 0.15) is 5.82 Å². The molecule has 27 heavy (non-hydrogen) atoms. The van der Waals surface area contributed by atoms with Gasteiger partial charge in [-0.1, -0.05) is 39.8 Å². The van der Waals surface area contributed by atoms with Gasteiger partial charge < -0.3 is 4.90 Å². The molecule has 2 heterocycles. The van der Waals surface area contributed by atoms with Crippen molar-refractivity contribution < 1.29 is 4.79 Å². The number of aromatic nitrogens is 2. The first-order valence-electron chi connectivity index (χ1n) is 10.0. The smallest absolute Gasteiger partial charge is 0.261 e. The van der Waals surface area contributed by atoms with Crippen molar-refractivity contribution in [1.82, 2.24) is 14.5 Å². The second-order valence-corrected chi connectivity index (χ2v) is 8.88. The number of carbonyl (C=O) groups excluding carboxylic acids is 1. The van der Waals surface area contributed by atoms with Crippen LogP contribution in [0.15, 0.2) is 29.1 Å². The largest absolute Gasteiger partial charge is 0.343 e. The van der Waals surface area contributed by atoms with Gasteiger partial charge in [-0.05, 0) is 36.3 Å². The Labute approximate surface area is 161 Å². The van der Waals surface area contributed by atoms with Gasteiger partial charge in [0, 0.05) is 32.5 Å². The molecule has 0 radical (unpaired) electrons. The molecule has 1 aliphatic rings. The van der Waals surface area contributed by atoms with Crippen LogP contribution in [0.5, 0.6) is 0 Å². The highest BCUT2D eigenvalue weighted by Crippen LogP contribution is 2.24. The first-order chi connectivity index (χ1) is 12.8. The Balaban J connectivity index is 1.71. The van der Waals surface area contributed by atoms with Crippen LogP contribution in [-0.2, 0) is 17.8 Å². The Kier molecular flexibility index (Phi) is 5.68. The molecule has 0 bridgehead atoms. The van der Waals surface area contributed by atoms with Crippen LogP contribution >= 0.6 is 0 Å². The second kappa shape index (κ2) is 7.83.